The second kappa shape index (κ2) is 6.60. The number of benzene rings is 2. The fraction of sp³-hybridized carbons (Fsp3) is 0.0714. The van der Waals surface area contributed by atoms with Gasteiger partial charge in [-0.1, -0.05) is 0 Å². The van der Waals surface area contributed by atoms with E-state index < -0.39 is 20.9 Å². The van der Waals surface area contributed by atoms with Crippen molar-refractivity contribution in [3.05, 3.63) is 51.6 Å². The first-order valence-corrected chi connectivity index (χ1v) is 8.86. The Labute approximate surface area is 135 Å². The van der Waals surface area contributed by atoms with Crippen molar-refractivity contribution in [2.24, 2.45) is 0 Å². The van der Waals surface area contributed by atoms with E-state index in [1.54, 1.807) is 12.1 Å². The van der Waals surface area contributed by atoms with E-state index in [2.05, 4.69) is 0 Å². The molecule has 0 aromatic heterocycles. The van der Waals surface area contributed by atoms with E-state index in [0.29, 0.717) is 9.13 Å². The fourth-order valence-electron chi connectivity index (χ4n) is 1.50. The van der Waals surface area contributed by atoms with Crippen molar-refractivity contribution in [1.82, 2.24) is 0 Å². The molecule has 0 saturated heterocycles. The predicted molar refractivity (Wildman–Crippen MR) is 83.6 cm³/mol. The zero-order valence-electron chi connectivity index (χ0n) is 10.1. The van der Waals surface area contributed by atoms with E-state index in [-0.39, 0.29) is 11.7 Å². The summed E-state index contributed by atoms with van der Waals surface area (Å²) in [7, 11) is 1.36. The third-order valence-corrected chi connectivity index (χ3v) is 6.21. The number of rotatable bonds is 3. The minimum atomic E-state index is -0.719. The third kappa shape index (κ3) is 3.62. The second-order valence-electron chi connectivity index (χ2n) is 3.71. The Balaban J connectivity index is 2.39. The van der Waals surface area contributed by atoms with Gasteiger partial charge in [0, 0.05) is 0 Å². The maximum atomic E-state index is 11.6. The molecular formula is C14H11IO3Te. The molecule has 0 spiro atoms. The molecule has 0 bridgehead atoms. The number of phenols is 1. The molecule has 3 nitrogen and oxygen atoms in total. The molecule has 0 fully saturated rings. The van der Waals surface area contributed by atoms with Crippen molar-refractivity contribution >= 4 is 56.7 Å². The summed E-state index contributed by atoms with van der Waals surface area (Å²) in [5.74, 6) is -0.0980. The number of halogens is 1. The average molecular weight is 482 g/mol. The zero-order chi connectivity index (χ0) is 13.8. The normalized spacial score (nSPS) is 10.2. The molecule has 0 saturated carbocycles. The Morgan fingerprint density at radius 1 is 1.26 bits per heavy atom. The van der Waals surface area contributed by atoms with E-state index in [1.807, 2.05) is 52.9 Å². The summed E-state index contributed by atoms with van der Waals surface area (Å²) >= 11 is 1.31. The minimum absolute atomic E-state index is 0.277. The van der Waals surface area contributed by atoms with Crippen LogP contribution in [0.5, 0.6) is 5.75 Å². The molecule has 1 N–H and O–H groups in total. The Kier molecular flexibility index (Phi) is 5.08. The van der Waals surface area contributed by atoms with Crippen molar-refractivity contribution in [3.63, 3.8) is 0 Å². The summed E-state index contributed by atoms with van der Waals surface area (Å²) in [5, 5.41) is 10.1. The van der Waals surface area contributed by atoms with Crippen molar-refractivity contribution < 1.29 is 14.6 Å². The summed E-state index contributed by atoms with van der Waals surface area (Å²) in [4.78, 5) is 11.6. The number of hydrogen-bond donors (Lipinski definition) is 1. The van der Waals surface area contributed by atoms with Gasteiger partial charge in [-0.15, -0.1) is 0 Å². The number of aromatic hydroxyl groups is 1. The molecule has 0 radical (unpaired) electrons. The van der Waals surface area contributed by atoms with Crippen LogP contribution in [0.25, 0.3) is 0 Å². The van der Waals surface area contributed by atoms with Gasteiger partial charge in [-0.25, -0.2) is 0 Å². The molecule has 2 aromatic carbocycles. The van der Waals surface area contributed by atoms with Gasteiger partial charge in [0.25, 0.3) is 0 Å². The average Bonchev–Trinajstić information content (AvgIpc) is 2.44. The molecule has 0 amide bonds. The van der Waals surface area contributed by atoms with Gasteiger partial charge in [0.15, 0.2) is 0 Å². The van der Waals surface area contributed by atoms with Crippen LogP contribution in [0.3, 0.4) is 0 Å². The Morgan fingerprint density at radius 3 is 2.58 bits per heavy atom. The van der Waals surface area contributed by atoms with Crippen LogP contribution in [-0.4, -0.2) is 39.1 Å². The van der Waals surface area contributed by atoms with Crippen molar-refractivity contribution in [2.75, 3.05) is 7.11 Å². The van der Waals surface area contributed by atoms with Gasteiger partial charge >= 0.3 is 136 Å². The van der Waals surface area contributed by atoms with Crippen LogP contribution in [0.15, 0.2) is 42.5 Å². The van der Waals surface area contributed by atoms with E-state index in [9.17, 15) is 9.90 Å². The van der Waals surface area contributed by atoms with Crippen LogP contribution in [-0.2, 0) is 4.74 Å². The van der Waals surface area contributed by atoms with Gasteiger partial charge < -0.3 is 0 Å². The first kappa shape index (κ1) is 14.6. The summed E-state index contributed by atoms with van der Waals surface area (Å²) in [6.07, 6.45) is 0. The van der Waals surface area contributed by atoms with Gasteiger partial charge in [-0.3, -0.25) is 0 Å². The fourth-order valence-corrected chi connectivity index (χ4v) is 5.38. The molecule has 2 aromatic rings. The van der Waals surface area contributed by atoms with Gasteiger partial charge in [0.1, 0.15) is 0 Å². The SMILES string of the molecule is COC(=O)c1cc(I)c(O)c([Te]c2ccccc2)c1. The number of methoxy groups -OCH3 is 1. The molecule has 0 atom stereocenters. The third-order valence-electron chi connectivity index (χ3n) is 2.42. The topological polar surface area (TPSA) is 46.5 Å². The van der Waals surface area contributed by atoms with Crippen LogP contribution in [0.1, 0.15) is 10.4 Å². The van der Waals surface area contributed by atoms with Crippen molar-refractivity contribution in [2.45, 2.75) is 0 Å². The number of esters is 1. The van der Waals surface area contributed by atoms with Crippen LogP contribution < -0.4 is 7.22 Å². The molecule has 0 aliphatic carbocycles. The number of hydrogen-bond acceptors (Lipinski definition) is 3. The molecule has 5 heteroatoms. The summed E-state index contributed by atoms with van der Waals surface area (Å²) < 4.78 is 7.46. The van der Waals surface area contributed by atoms with Gasteiger partial charge in [0.2, 0.25) is 0 Å². The van der Waals surface area contributed by atoms with Crippen LogP contribution >= 0.6 is 22.6 Å². The van der Waals surface area contributed by atoms with E-state index in [1.165, 1.54) is 10.7 Å². The maximum absolute atomic E-state index is 11.6. The molecule has 0 aliphatic rings. The van der Waals surface area contributed by atoms with Crippen molar-refractivity contribution in [1.29, 1.82) is 0 Å². The first-order valence-electron chi connectivity index (χ1n) is 5.45. The van der Waals surface area contributed by atoms with Gasteiger partial charge in [-0.2, -0.15) is 0 Å². The summed E-state index contributed by atoms with van der Waals surface area (Å²) in [5.41, 5.74) is 0.487. The summed E-state index contributed by atoms with van der Waals surface area (Å²) in [6.45, 7) is 0. The van der Waals surface area contributed by atoms with E-state index in [4.69, 9.17) is 4.74 Å². The molecule has 0 unspecified atom stereocenters. The van der Waals surface area contributed by atoms with E-state index in [0.717, 1.165) is 3.61 Å². The molecule has 0 aliphatic heterocycles. The predicted octanol–water partition coefficient (Wildman–Crippen LogP) is 1.44. The molecule has 2 rings (SSSR count). The standard InChI is InChI=1S/C14H11IO3Te/c1-18-14(17)9-7-11(15)13(16)12(8-9)19-10-5-3-2-4-6-10/h2-8,16H,1H3. The van der Waals surface area contributed by atoms with Crippen LogP contribution in [0.2, 0.25) is 0 Å². The zero-order valence-corrected chi connectivity index (χ0v) is 14.6. The number of carbonyl (C=O) groups is 1. The summed E-state index contributed by atoms with van der Waals surface area (Å²) in [6, 6.07) is 13.4. The quantitative estimate of drug-likeness (QED) is 0.410. The van der Waals surface area contributed by atoms with Gasteiger partial charge in [-0.05, 0) is 0 Å². The number of phenolic OH excluding ortho intramolecular Hbond substituents is 1. The molecule has 19 heavy (non-hydrogen) atoms. The van der Waals surface area contributed by atoms with Crippen LogP contribution in [0.4, 0.5) is 0 Å². The van der Waals surface area contributed by atoms with E-state index >= 15 is 0 Å². The van der Waals surface area contributed by atoms with Crippen molar-refractivity contribution in [3.8, 4) is 5.75 Å². The first-order chi connectivity index (χ1) is 9.11. The Bertz CT molecular complexity index is 599. The molecule has 98 valence electrons. The second-order valence-corrected chi connectivity index (χ2v) is 8.06. The Hall–Kier alpha value is -0.770. The van der Waals surface area contributed by atoms with Crippen LogP contribution in [0, 0.1) is 3.57 Å². The monoisotopic (exact) mass is 484 g/mol. The Morgan fingerprint density at radius 2 is 1.95 bits per heavy atom. The number of carbonyl (C=O) groups excluding carboxylic acids is 1. The van der Waals surface area contributed by atoms with Gasteiger partial charge in [0.05, 0.1) is 0 Å². The molecule has 0 heterocycles. The number of ether oxygens (including phenoxy) is 1. The molecular weight excluding hydrogens is 471 g/mol.